The van der Waals surface area contributed by atoms with Crippen molar-refractivity contribution in [2.75, 3.05) is 53.0 Å². The first-order valence-corrected chi connectivity index (χ1v) is 9.98. The third kappa shape index (κ3) is 6.22. The molecule has 28 heavy (non-hydrogen) atoms. The normalized spacial score (nSPS) is 19.7. The molecule has 7 heteroatoms. The molecule has 1 aromatic carbocycles. The second kappa shape index (κ2) is 10.5. The number of carbonyl (C=O) groups excluding carboxylic acids is 1. The van der Waals surface area contributed by atoms with Crippen molar-refractivity contribution < 1.29 is 19.4 Å². The SMILES string of the molecule is COc1cc(CN2CC=CCC2)ccc1OCC(O)CN1CCNC(=O)CC1. The second-order valence-corrected chi connectivity index (χ2v) is 7.35. The molecule has 2 aliphatic rings. The van der Waals surface area contributed by atoms with E-state index in [2.05, 4.69) is 33.3 Å². The van der Waals surface area contributed by atoms with Crippen molar-refractivity contribution in [3.05, 3.63) is 35.9 Å². The number of benzene rings is 1. The molecule has 2 heterocycles. The Bertz CT molecular complexity index is 680. The molecule has 0 saturated carbocycles. The first-order valence-electron chi connectivity index (χ1n) is 9.98. The first kappa shape index (κ1) is 20.6. The van der Waals surface area contributed by atoms with E-state index in [9.17, 15) is 9.90 Å². The van der Waals surface area contributed by atoms with Crippen LogP contribution in [0.3, 0.4) is 0 Å². The maximum absolute atomic E-state index is 11.4. The molecule has 0 bridgehead atoms. The van der Waals surface area contributed by atoms with E-state index in [-0.39, 0.29) is 12.5 Å². The monoisotopic (exact) mass is 389 g/mol. The Balaban J connectivity index is 1.50. The Kier molecular flexibility index (Phi) is 7.71. The molecule has 7 nitrogen and oxygen atoms in total. The number of aliphatic hydroxyl groups is 1. The van der Waals surface area contributed by atoms with Crippen LogP contribution in [-0.2, 0) is 11.3 Å². The van der Waals surface area contributed by atoms with Crippen molar-refractivity contribution in [3.63, 3.8) is 0 Å². The summed E-state index contributed by atoms with van der Waals surface area (Å²) in [7, 11) is 1.63. The third-order valence-electron chi connectivity index (χ3n) is 5.08. The topological polar surface area (TPSA) is 74.3 Å². The molecule has 1 fully saturated rings. The zero-order valence-electron chi connectivity index (χ0n) is 16.6. The van der Waals surface area contributed by atoms with E-state index in [4.69, 9.17) is 9.47 Å². The largest absolute Gasteiger partial charge is 0.493 e. The highest BCUT2D eigenvalue weighted by atomic mass is 16.5. The maximum Gasteiger partial charge on any atom is 0.221 e. The quantitative estimate of drug-likeness (QED) is 0.647. The van der Waals surface area contributed by atoms with Gasteiger partial charge in [-0.1, -0.05) is 18.2 Å². The second-order valence-electron chi connectivity index (χ2n) is 7.35. The van der Waals surface area contributed by atoms with Gasteiger partial charge < -0.3 is 19.9 Å². The molecule has 0 aromatic heterocycles. The van der Waals surface area contributed by atoms with Crippen molar-refractivity contribution in [3.8, 4) is 11.5 Å². The standard InChI is InChI=1S/C21H31N3O4/c1-27-20-13-17(14-23-9-3-2-4-10-23)5-6-19(20)28-16-18(25)15-24-11-7-21(26)22-8-12-24/h2-3,5-6,13,18,25H,4,7-12,14-16H2,1H3,(H,22,26). The molecule has 0 aliphatic carbocycles. The van der Waals surface area contributed by atoms with Crippen LogP contribution < -0.4 is 14.8 Å². The lowest BCUT2D eigenvalue weighted by Gasteiger charge is -2.24. The summed E-state index contributed by atoms with van der Waals surface area (Å²) in [6, 6.07) is 5.97. The van der Waals surface area contributed by atoms with Gasteiger partial charge in [-0.25, -0.2) is 0 Å². The Morgan fingerprint density at radius 2 is 2.07 bits per heavy atom. The number of β-amino-alcohol motifs (C(OH)–C–C–N with tert-alkyl or cyclic N) is 1. The Morgan fingerprint density at radius 3 is 2.86 bits per heavy atom. The zero-order chi connectivity index (χ0) is 19.8. The van der Waals surface area contributed by atoms with Crippen LogP contribution in [-0.4, -0.2) is 79.9 Å². The van der Waals surface area contributed by atoms with Crippen LogP contribution in [0.4, 0.5) is 0 Å². The molecule has 1 saturated heterocycles. The van der Waals surface area contributed by atoms with Crippen LogP contribution in [0.15, 0.2) is 30.4 Å². The molecular weight excluding hydrogens is 358 g/mol. The van der Waals surface area contributed by atoms with Gasteiger partial charge in [-0.05, 0) is 24.1 Å². The zero-order valence-corrected chi connectivity index (χ0v) is 16.6. The van der Waals surface area contributed by atoms with E-state index < -0.39 is 6.10 Å². The van der Waals surface area contributed by atoms with Crippen molar-refractivity contribution in [2.45, 2.75) is 25.5 Å². The van der Waals surface area contributed by atoms with Crippen LogP contribution in [0.25, 0.3) is 0 Å². The Morgan fingerprint density at radius 1 is 1.18 bits per heavy atom. The van der Waals surface area contributed by atoms with E-state index >= 15 is 0 Å². The molecule has 0 radical (unpaired) electrons. The van der Waals surface area contributed by atoms with Crippen LogP contribution in [0.1, 0.15) is 18.4 Å². The lowest BCUT2D eigenvalue weighted by Crippen LogP contribution is -2.37. The Labute approximate surface area is 166 Å². The van der Waals surface area contributed by atoms with Crippen molar-refractivity contribution >= 4 is 5.91 Å². The number of ether oxygens (including phenoxy) is 2. The number of carbonyl (C=O) groups is 1. The van der Waals surface area contributed by atoms with E-state index in [1.165, 1.54) is 5.56 Å². The fourth-order valence-electron chi connectivity index (χ4n) is 3.55. The van der Waals surface area contributed by atoms with E-state index in [0.29, 0.717) is 37.6 Å². The number of nitrogens with one attached hydrogen (secondary N) is 1. The number of hydrogen-bond acceptors (Lipinski definition) is 6. The molecule has 1 atom stereocenters. The molecular formula is C21H31N3O4. The van der Waals surface area contributed by atoms with Gasteiger partial charge >= 0.3 is 0 Å². The summed E-state index contributed by atoms with van der Waals surface area (Å²) in [5, 5.41) is 13.2. The average Bonchev–Trinajstić information content (AvgIpc) is 2.91. The number of nitrogens with zero attached hydrogens (tertiary/aromatic N) is 2. The van der Waals surface area contributed by atoms with Gasteiger partial charge in [0.25, 0.3) is 0 Å². The lowest BCUT2D eigenvalue weighted by atomic mass is 10.1. The Hall–Kier alpha value is -2.09. The highest BCUT2D eigenvalue weighted by molar-refractivity contribution is 5.76. The minimum Gasteiger partial charge on any atom is -0.493 e. The molecule has 1 amide bonds. The fraction of sp³-hybridized carbons (Fsp3) is 0.571. The van der Waals surface area contributed by atoms with Crippen molar-refractivity contribution in [1.29, 1.82) is 0 Å². The molecule has 1 unspecified atom stereocenters. The van der Waals surface area contributed by atoms with E-state index in [1.54, 1.807) is 7.11 Å². The number of amides is 1. The van der Waals surface area contributed by atoms with Crippen LogP contribution in [0.2, 0.25) is 0 Å². The van der Waals surface area contributed by atoms with E-state index in [1.807, 2.05) is 12.1 Å². The van der Waals surface area contributed by atoms with Gasteiger partial charge in [-0.2, -0.15) is 0 Å². The molecule has 154 valence electrons. The van der Waals surface area contributed by atoms with Crippen molar-refractivity contribution in [2.24, 2.45) is 0 Å². The van der Waals surface area contributed by atoms with Gasteiger partial charge in [0.05, 0.1) is 7.11 Å². The summed E-state index contributed by atoms with van der Waals surface area (Å²) >= 11 is 0. The molecule has 2 N–H and O–H groups in total. The minimum atomic E-state index is -0.627. The van der Waals surface area contributed by atoms with E-state index in [0.717, 1.165) is 32.6 Å². The predicted molar refractivity (Wildman–Crippen MR) is 108 cm³/mol. The van der Waals surface area contributed by atoms with Crippen molar-refractivity contribution in [1.82, 2.24) is 15.1 Å². The van der Waals surface area contributed by atoms with Gasteiger partial charge in [0.2, 0.25) is 5.91 Å². The summed E-state index contributed by atoms with van der Waals surface area (Å²) in [5.41, 5.74) is 1.18. The lowest BCUT2D eigenvalue weighted by molar-refractivity contribution is -0.120. The summed E-state index contributed by atoms with van der Waals surface area (Å²) in [6.45, 7) is 5.62. The highest BCUT2D eigenvalue weighted by Crippen LogP contribution is 2.29. The highest BCUT2D eigenvalue weighted by Gasteiger charge is 2.18. The smallest absolute Gasteiger partial charge is 0.221 e. The molecule has 0 spiro atoms. The summed E-state index contributed by atoms with van der Waals surface area (Å²) in [4.78, 5) is 15.9. The van der Waals surface area contributed by atoms with Gasteiger partial charge in [0.1, 0.15) is 12.7 Å². The van der Waals surface area contributed by atoms with Gasteiger partial charge in [-0.15, -0.1) is 0 Å². The van der Waals surface area contributed by atoms with Gasteiger partial charge in [0, 0.05) is 52.2 Å². The minimum absolute atomic E-state index is 0.0682. The number of hydrogen-bond donors (Lipinski definition) is 2. The molecule has 1 aromatic rings. The number of methoxy groups -OCH3 is 1. The summed E-state index contributed by atoms with van der Waals surface area (Å²) < 4.78 is 11.3. The average molecular weight is 389 g/mol. The number of rotatable bonds is 8. The van der Waals surface area contributed by atoms with Crippen LogP contribution in [0, 0.1) is 0 Å². The maximum atomic E-state index is 11.4. The summed E-state index contributed by atoms with van der Waals surface area (Å²) in [6.07, 6.45) is 5.36. The van der Waals surface area contributed by atoms with Crippen LogP contribution >= 0.6 is 0 Å². The predicted octanol–water partition coefficient (Wildman–Crippen LogP) is 1.02. The molecule has 2 aliphatic heterocycles. The van der Waals surface area contributed by atoms with Gasteiger partial charge in [-0.3, -0.25) is 14.6 Å². The third-order valence-corrected chi connectivity index (χ3v) is 5.08. The molecule has 3 rings (SSSR count). The first-order chi connectivity index (χ1) is 13.6. The van der Waals surface area contributed by atoms with Crippen LogP contribution in [0.5, 0.6) is 11.5 Å². The number of aliphatic hydroxyl groups excluding tert-OH is 1. The fourth-order valence-corrected chi connectivity index (χ4v) is 3.55. The van der Waals surface area contributed by atoms with Gasteiger partial charge in [0.15, 0.2) is 11.5 Å². The summed E-state index contributed by atoms with van der Waals surface area (Å²) in [5.74, 6) is 1.39.